The quantitative estimate of drug-likeness (QED) is 0.763. The molecule has 3 N–H and O–H groups in total. The molecule has 1 rings (SSSR count). The maximum absolute atomic E-state index is 13.5. The van der Waals surface area contributed by atoms with E-state index in [9.17, 15) is 12.8 Å². The van der Waals surface area contributed by atoms with Crippen LogP contribution in [-0.4, -0.2) is 26.4 Å². The van der Waals surface area contributed by atoms with E-state index in [1.165, 1.54) is 13.0 Å². The van der Waals surface area contributed by atoms with Crippen molar-refractivity contribution < 1.29 is 17.9 Å². The van der Waals surface area contributed by atoms with Crippen molar-refractivity contribution in [1.82, 2.24) is 0 Å². The van der Waals surface area contributed by atoms with Gasteiger partial charge in [-0.3, -0.25) is 0 Å². The van der Waals surface area contributed by atoms with E-state index in [0.717, 1.165) is 12.3 Å². The van der Waals surface area contributed by atoms with Gasteiger partial charge in [0.2, 0.25) is 0 Å². The van der Waals surface area contributed by atoms with Gasteiger partial charge >= 0.3 is 0 Å². The van der Waals surface area contributed by atoms with Gasteiger partial charge in [0.1, 0.15) is 5.82 Å². The van der Waals surface area contributed by atoms with Crippen LogP contribution in [-0.2, 0) is 9.84 Å². The second-order valence-corrected chi connectivity index (χ2v) is 5.68. The molecule has 0 spiro atoms. The average molecular weight is 247 g/mol. The molecule has 1 atom stereocenters. The minimum absolute atomic E-state index is 0.00789. The van der Waals surface area contributed by atoms with E-state index < -0.39 is 28.3 Å². The smallest absolute Gasteiger partial charge is 0.175 e. The Hall–Kier alpha value is -0.980. The van der Waals surface area contributed by atoms with E-state index in [4.69, 9.17) is 10.8 Å². The molecule has 1 unspecified atom stereocenters. The molecular formula is C10H14FNO3S. The molecule has 1 aromatic rings. The SMILES string of the molecule is Cc1cc(F)c(C(N)CO)cc1S(C)(=O)=O. The number of benzene rings is 1. The Kier molecular flexibility index (Phi) is 3.67. The first-order chi connectivity index (χ1) is 7.27. The zero-order valence-corrected chi connectivity index (χ0v) is 9.88. The standard InChI is InChI=1S/C10H14FNO3S/c1-6-3-8(11)7(9(12)5-13)4-10(6)16(2,14)15/h3-4,9,13H,5,12H2,1-2H3. The number of sulfone groups is 1. The molecule has 0 radical (unpaired) electrons. The lowest BCUT2D eigenvalue weighted by Gasteiger charge is -2.13. The lowest BCUT2D eigenvalue weighted by molar-refractivity contribution is 0.265. The summed E-state index contributed by atoms with van der Waals surface area (Å²) in [6.45, 7) is 1.07. The minimum atomic E-state index is -3.42. The van der Waals surface area contributed by atoms with Gasteiger partial charge in [0.25, 0.3) is 0 Å². The second kappa shape index (κ2) is 4.48. The molecule has 0 saturated heterocycles. The third-order valence-electron chi connectivity index (χ3n) is 2.29. The number of aliphatic hydroxyl groups excluding tert-OH is 1. The summed E-state index contributed by atoms with van der Waals surface area (Å²) >= 11 is 0. The predicted octanol–water partition coefficient (Wildman–Crippen LogP) is 0.530. The minimum Gasteiger partial charge on any atom is -0.394 e. The highest BCUT2D eigenvalue weighted by atomic mass is 32.2. The first kappa shape index (κ1) is 13.1. The van der Waals surface area contributed by atoms with Gasteiger partial charge in [-0.05, 0) is 24.6 Å². The normalized spacial score (nSPS) is 13.8. The van der Waals surface area contributed by atoms with Crippen molar-refractivity contribution in [3.05, 3.63) is 29.1 Å². The van der Waals surface area contributed by atoms with E-state index in [-0.39, 0.29) is 10.5 Å². The molecule has 0 aliphatic heterocycles. The van der Waals surface area contributed by atoms with Crippen molar-refractivity contribution >= 4 is 9.84 Å². The fourth-order valence-corrected chi connectivity index (χ4v) is 2.44. The van der Waals surface area contributed by atoms with Gasteiger partial charge in [0, 0.05) is 11.8 Å². The Morgan fingerprint density at radius 3 is 2.50 bits per heavy atom. The number of hydrogen-bond acceptors (Lipinski definition) is 4. The molecule has 0 saturated carbocycles. The van der Waals surface area contributed by atoms with Crippen molar-refractivity contribution in [3.8, 4) is 0 Å². The van der Waals surface area contributed by atoms with E-state index in [1.54, 1.807) is 0 Å². The van der Waals surface area contributed by atoms with Gasteiger partial charge in [0.05, 0.1) is 17.5 Å². The highest BCUT2D eigenvalue weighted by Crippen LogP contribution is 2.23. The zero-order chi connectivity index (χ0) is 12.5. The number of halogens is 1. The summed E-state index contributed by atoms with van der Waals surface area (Å²) in [5, 5.41) is 8.83. The van der Waals surface area contributed by atoms with E-state index in [1.807, 2.05) is 0 Å². The largest absolute Gasteiger partial charge is 0.394 e. The maximum atomic E-state index is 13.5. The summed E-state index contributed by atoms with van der Waals surface area (Å²) in [5.41, 5.74) is 5.81. The van der Waals surface area contributed by atoms with Crippen LogP contribution < -0.4 is 5.73 Å². The number of rotatable bonds is 3. The maximum Gasteiger partial charge on any atom is 0.175 e. The zero-order valence-electron chi connectivity index (χ0n) is 9.07. The predicted molar refractivity (Wildman–Crippen MR) is 58.3 cm³/mol. The van der Waals surface area contributed by atoms with E-state index in [2.05, 4.69) is 0 Å². The molecule has 6 heteroatoms. The molecule has 16 heavy (non-hydrogen) atoms. The van der Waals surface area contributed by atoms with Crippen LogP contribution in [0.2, 0.25) is 0 Å². The molecule has 90 valence electrons. The van der Waals surface area contributed by atoms with Crippen LogP contribution >= 0.6 is 0 Å². The van der Waals surface area contributed by atoms with Crippen molar-refractivity contribution in [2.75, 3.05) is 12.9 Å². The molecule has 0 aliphatic carbocycles. The number of hydrogen-bond donors (Lipinski definition) is 2. The topological polar surface area (TPSA) is 80.4 Å². The Balaban J connectivity index is 3.45. The monoisotopic (exact) mass is 247 g/mol. The fraction of sp³-hybridized carbons (Fsp3) is 0.400. The van der Waals surface area contributed by atoms with E-state index in [0.29, 0.717) is 5.56 Å². The first-order valence-electron chi connectivity index (χ1n) is 4.64. The molecule has 0 amide bonds. The van der Waals surface area contributed by atoms with Gasteiger partial charge in [-0.15, -0.1) is 0 Å². The van der Waals surface area contributed by atoms with Gasteiger partial charge in [-0.2, -0.15) is 0 Å². The Morgan fingerprint density at radius 2 is 2.06 bits per heavy atom. The van der Waals surface area contributed by atoms with Crippen LogP contribution in [0.4, 0.5) is 4.39 Å². The molecule has 0 aromatic heterocycles. The highest BCUT2D eigenvalue weighted by Gasteiger charge is 2.18. The average Bonchev–Trinajstić information content (AvgIpc) is 2.14. The van der Waals surface area contributed by atoms with Crippen molar-refractivity contribution in [3.63, 3.8) is 0 Å². The van der Waals surface area contributed by atoms with Gasteiger partial charge < -0.3 is 10.8 Å². The van der Waals surface area contributed by atoms with Crippen LogP contribution in [0.3, 0.4) is 0 Å². The summed E-state index contributed by atoms with van der Waals surface area (Å²) in [4.78, 5) is 0.0350. The van der Waals surface area contributed by atoms with Crippen LogP contribution in [0, 0.1) is 12.7 Å². The van der Waals surface area contributed by atoms with Crippen molar-refractivity contribution in [1.29, 1.82) is 0 Å². The lowest BCUT2D eigenvalue weighted by atomic mass is 10.1. The molecule has 0 aliphatic rings. The van der Waals surface area contributed by atoms with Crippen LogP contribution in [0.1, 0.15) is 17.2 Å². The Morgan fingerprint density at radius 1 is 1.50 bits per heavy atom. The first-order valence-corrected chi connectivity index (χ1v) is 6.53. The summed E-state index contributed by atoms with van der Waals surface area (Å²) in [7, 11) is -3.42. The lowest BCUT2D eigenvalue weighted by Crippen LogP contribution is -2.17. The molecule has 0 fully saturated rings. The van der Waals surface area contributed by atoms with Gasteiger partial charge in [0.15, 0.2) is 9.84 Å². The van der Waals surface area contributed by atoms with Gasteiger partial charge in [-0.25, -0.2) is 12.8 Å². The molecule has 0 bridgehead atoms. The summed E-state index contributed by atoms with van der Waals surface area (Å²) in [5.74, 6) is -0.605. The molecule has 0 heterocycles. The number of aliphatic hydroxyl groups is 1. The number of nitrogens with two attached hydrogens (primary N) is 1. The fourth-order valence-electron chi connectivity index (χ4n) is 1.45. The van der Waals surface area contributed by atoms with E-state index >= 15 is 0 Å². The van der Waals surface area contributed by atoms with Gasteiger partial charge in [-0.1, -0.05) is 0 Å². The van der Waals surface area contributed by atoms with Crippen LogP contribution in [0.15, 0.2) is 17.0 Å². The summed E-state index contributed by atoms with van der Waals surface area (Å²) in [6, 6.07) is 1.38. The third-order valence-corrected chi connectivity index (χ3v) is 3.53. The van der Waals surface area contributed by atoms with Crippen molar-refractivity contribution in [2.24, 2.45) is 5.73 Å². The van der Waals surface area contributed by atoms with Crippen LogP contribution in [0.25, 0.3) is 0 Å². The summed E-state index contributed by atoms with van der Waals surface area (Å²) in [6.07, 6.45) is 1.04. The van der Waals surface area contributed by atoms with Crippen molar-refractivity contribution in [2.45, 2.75) is 17.9 Å². The Labute approximate surface area is 93.8 Å². The van der Waals surface area contributed by atoms with Crippen LogP contribution in [0.5, 0.6) is 0 Å². The number of aryl methyl sites for hydroxylation is 1. The molecular weight excluding hydrogens is 233 g/mol. The molecule has 4 nitrogen and oxygen atoms in total. The summed E-state index contributed by atoms with van der Waals surface area (Å²) < 4.78 is 36.3. The highest BCUT2D eigenvalue weighted by molar-refractivity contribution is 7.90. The second-order valence-electron chi connectivity index (χ2n) is 3.70. The molecule has 1 aromatic carbocycles. The third kappa shape index (κ3) is 2.58. The Bertz CT molecular complexity index is 499.